The van der Waals surface area contributed by atoms with Crippen LogP contribution in [0.1, 0.15) is 6.42 Å². The first kappa shape index (κ1) is 9.92. The number of halogens is 1. The summed E-state index contributed by atoms with van der Waals surface area (Å²) in [4.78, 5) is 18.6. The van der Waals surface area contributed by atoms with Gasteiger partial charge in [0, 0.05) is 12.7 Å². The number of nitrogens with zero attached hydrogens (tertiary/aromatic N) is 3. The molecule has 0 aliphatic heterocycles. The Balaban J connectivity index is 2.32. The number of fused-ring (bicyclic) bond motifs is 1. The molecule has 1 N–H and O–H groups in total. The number of rotatable bonds is 3. The van der Waals surface area contributed by atoms with Crippen LogP contribution in [0.5, 0.6) is 0 Å². The zero-order valence-electron chi connectivity index (χ0n) is 7.72. The van der Waals surface area contributed by atoms with Crippen molar-refractivity contribution in [3.05, 3.63) is 23.6 Å². The van der Waals surface area contributed by atoms with Crippen LogP contribution in [0, 0.1) is 0 Å². The van der Waals surface area contributed by atoms with Crippen molar-refractivity contribution in [1.82, 2.24) is 14.5 Å². The summed E-state index contributed by atoms with van der Waals surface area (Å²) < 4.78 is 1.69. The number of carboxylic acid groups (broad SMARTS) is 1. The maximum Gasteiger partial charge on any atom is 0.305 e. The first-order chi connectivity index (χ1) is 7.16. The lowest BCUT2D eigenvalue weighted by Gasteiger charge is -1.99. The molecule has 0 aliphatic rings. The number of imidazole rings is 1. The SMILES string of the molecule is O=C(O)CCn1cnc2cc(Cl)cnc21. The molecule has 2 heterocycles. The normalized spacial score (nSPS) is 10.7. The number of aryl methyl sites for hydroxylation is 1. The van der Waals surface area contributed by atoms with Crippen LogP contribution in [0.25, 0.3) is 11.2 Å². The van der Waals surface area contributed by atoms with Gasteiger partial charge in [0.25, 0.3) is 0 Å². The molecule has 2 rings (SSSR count). The number of aliphatic carboxylic acids is 1. The van der Waals surface area contributed by atoms with Gasteiger partial charge in [-0.15, -0.1) is 0 Å². The molecule has 0 aromatic carbocycles. The summed E-state index contributed by atoms with van der Waals surface area (Å²) in [5.74, 6) is -0.842. The summed E-state index contributed by atoms with van der Waals surface area (Å²) in [6.07, 6.45) is 3.13. The van der Waals surface area contributed by atoms with Gasteiger partial charge in [0.05, 0.1) is 17.8 Å². The van der Waals surface area contributed by atoms with Gasteiger partial charge in [-0.25, -0.2) is 9.97 Å². The van der Waals surface area contributed by atoms with Crippen molar-refractivity contribution in [3.8, 4) is 0 Å². The topological polar surface area (TPSA) is 68.0 Å². The summed E-state index contributed by atoms with van der Waals surface area (Å²) in [5, 5.41) is 9.07. The number of aromatic nitrogens is 3. The van der Waals surface area contributed by atoms with Crippen LogP contribution in [0.3, 0.4) is 0 Å². The fraction of sp³-hybridized carbons (Fsp3) is 0.222. The maximum absolute atomic E-state index is 10.4. The number of carbonyl (C=O) groups is 1. The Kier molecular flexibility index (Phi) is 2.55. The van der Waals surface area contributed by atoms with Gasteiger partial charge < -0.3 is 9.67 Å². The Morgan fingerprint density at radius 1 is 1.53 bits per heavy atom. The van der Waals surface area contributed by atoms with Gasteiger partial charge in [-0.3, -0.25) is 4.79 Å². The molecule has 2 aromatic rings. The Morgan fingerprint density at radius 3 is 3.07 bits per heavy atom. The Bertz CT molecular complexity index is 509. The second-order valence-corrected chi connectivity index (χ2v) is 3.51. The maximum atomic E-state index is 10.4. The van der Waals surface area contributed by atoms with Gasteiger partial charge >= 0.3 is 5.97 Å². The third-order valence-corrected chi connectivity index (χ3v) is 2.20. The van der Waals surface area contributed by atoms with E-state index in [9.17, 15) is 4.79 Å². The molecule has 2 aromatic heterocycles. The van der Waals surface area contributed by atoms with E-state index in [0.29, 0.717) is 22.7 Å². The van der Waals surface area contributed by atoms with Gasteiger partial charge in [-0.2, -0.15) is 0 Å². The average Bonchev–Trinajstić information content (AvgIpc) is 2.57. The van der Waals surface area contributed by atoms with Crippen LogP contribution in [0.15, 0.2) is 18.6 Å². The third-order valence-electron chi connectivity index (χ3n) is 1.99. The molecule has 0 amide bonds. The first-order valence-electron chi connectivity index (χ1n) is 4.35. The number of hydrogen-bond acceptors (Lipinski definition) is 3. The van der Waals surface area contributed by atoms with E-state index in [1.54, 1.807) is 17.0 Å². The highest BCUT2D eigenvalue weighted by molar-refractivity contribution is 6.31. The molecular formula is C9H8ClN3O2. The minimum atomic E-state index is -0.842. The van der Waals surface area contributed by atoms with Crippen LogP contribution < -0.4 is 0 Å². The van der Waals surface area contributed by atoms with E-state index in [2.05, 4.69) is 9.97 Å². The minimum Gasteiger partial charge on any atom is -0.481 e. The Labute approximate surface area is 90.3 Å². The molecule has 0 saturated heterocycles. The van der Waals surface area contributed by atoms with Crippen LogP contribution in [-0.2, 0) is 11.3 Å². The number of hydrogen-bond donors (Lipinski definition) is 1. The second kappa shape index (κ2) is 3.86. The Hall–Kier alpha value is -1.62. The largest absolute Gasteiger partial charge is 0.481 e. The molecular weight excluding hydrogens is 218 g/mol. The van der Waals surface area contributed by atoms with Crippen molar-refractivity contribution in [3.63, 3.8) is 0 Å². The molecule has 0 fully saturated rings. The molecule has 0 unspecified atom stereocenters. The van der Waals surface area contributed by atoms with E-state index in [0.717, 1.165) is 0 Å². The smallest absolute Gasteiger partial charge is 0.305 e. The van der Waals surface area contributed by atoms with Crippen molar-refractivity contribution in [2.75, 3.05) is 0 Å². The second-order valence-electron chi connectivity index (χ2n) is 3.08. The van der Waals surface area contributed by atoms with Gasteiger partial charge in [0.2, 0.25) is 0 Å². The van der Waals surface area contributed by atoms with E-state index in [1.807, 2.05) is 0 Å². The molecule has 0 atom stereocenters. The monoisotopic (exact) mass is 225 g/mol. The van der Waals surface area contributed by atoms with Crippen LogP contribution in [-0.4, -0.2) is 25.6 Å². The Morgan fingerprint density at radius 2 is 2.33 bits per heavy atom. The lowest BCUT2D eigenvalue weighted by molar-refractivity contribution is -0.137. The summed E-state index contributed by atoms with van der Waals surface area (Å²) in [7, 11) is 0. The summed E-state index contributed by atoms with van der Waals surface area (Å²) in [6, 6.07) is 1.70. The molecule has 0 bridgehead atoms. The summed E-state index contributed by atoms with van der Waals surface area (Å²) in [6.45, 7) is 0.362. The van der Waals surface area contributed by atoms with E-state index >= 15 is 0 Å². The quantitative estimate of drug-likeness (QED) is 0.861. The van der Waals surface area contributed by atoms with Crippen LogP contribution >= 0.6 is 11.6 Å². The molecule has 78 valence electrons. The predicted molar refractivity (Wildman–Crippen MR) is 54.8 cm³/mol. The minimum absolute atomic E-state index is 0.0514. The molecule has 15 heavy (non-hydrogen) atoms. The van der Waals surface area contributed by atoms with Crippen molar-refractivity contribution in [2.45, 2.75) is 13.0 Å². The number of carboxylic acids is 1. The van der Waals surface area contributed by atoms with E-state index in [4.69, 9.17) is 16.7 Å². The third kappa shape index (κ3) is 2.07. The van der Waals surface area contributed by atoms with Gasteiger partial charge in [0.15, 0.2) is 5.65 Å². The summed E-state index contributed by atoms with van der Waals surface area (Å²) in [5.41, 5.74) is 1.33. The molecule has 0 aliphatic carbocycles. The molecule has 0 spiro atoms. The van der Waals surface area contributed by atoms with Crippen LogP contribution in [0.2, 0.25) is 5.02 Å². The van der Waals surface area contributed by atoms with Crippen molar-refractivity contribution < 1.29 is 9.90 Å². The molecule has 0 saturated carbocycles. The van der Waals surface area contributed by atoms with E-state index in [1.165, 1.54) is 6.20 Å². The highest BCUT2D eigenvalue weighted by Gasteiger charge is 2.05. The molecule has 0 radical (unpaired) electrons. The van der Waals surface area contributed by atoms with Crippen molar-refractivity contribution in [1.29, 1.82) is 0 Å². The fourth-order valence-electron chi connectivity index (χ4n) is 1.30. The zero-order chi connectivity index (χ0) is 10.8. The van der Waals surface area contributed by atoms with Gasteiger partial charge in [-0.1, -0.05) is 11.6 Å². The van der Waals surface area contributed by atoms with Gasteiger partial charge in [-0.05, 0) is 6.07 Å². The number of pyridine rings is 1. The first-order valence-corrected chi connectivity index (χ1v) is 4.73. The molecule has 6 heteroatoms. The lowest BCUT2D eigenvalue weighted by Crippen LogP contribution is -2.03. The highest BCUT2D eigenvalue weighted by Crippen LogP contribution is 2.15. The zero-order valence-corrected chi connectivity index (χ0v) is 8.48. The highest BCUT2D eigenvalue weighted by atomic mass is 35.5. The van der Waals surface area contributed by atoms with Gasteiger partial charge in [0.1, 0.15) is 5.52 Å². The van der Waals surface area contributed by atoms with E-state index < -0.39 is 5.97 Å². The standard InChI is InChI=1S/C9H8ClN3O2/c10-6-3-7-9(11-4-6)13(5-12-7)2-1-8(14)15/h3-5H,1-2H2,(H,14,15). The van der Waals surface area contributed by atoms with Crippen molar-refractivity contribution in [2.24, 2.45) is 0 Å². The predicted octanol–water partition coefficient (Wildman–Crippen LogP) is 1.56. The van der Waals surface area contributed by atoms with Crippen LogP contribution in [0.4, 0.5) is 0 Å². The molecule has 5 nitrogen and oxygen atoms in total. The fourth-order valence-corrected chi connectivity index (χ4v) is 1.46. The van der Waals surface area contributed by atoms with E-state index in [-0.39, 0.29) is 6.42 Å². The summed E-state index contributed by atoms with van der Waals surface area (Å²) >= 11 is 5.75. The lowest BCUT2D eigenvalue weighted by atomic mass is 10.4. The van der Waals surface area contributed by atoms with Crippen molar-refractivity contribution >= 4 is 28.7 Å². The average molecular weight is 226 g/mol.